The summed E-state index contributed by atoms with van der Waals surface area (Å²) in [4.78, 5) is 14.0. The molecule has 0 saturated carbocycles. The Balaban J connectivity index is 0.00000264. The van der Waals surface area contributed by atoms with Gasteiger partial charge in [-0.3, -0.25) is 10.2 Å². The first kappa shape index (κ1) is 19.6. The Morgan fingerprint density at radius 2 is 2.04 bits per heavy atom. The molecule has 0 spiro atoms. The maximum absolute atomic E-state index is 11.8. The minimum Gasteiger partial charge on any atom is -0.494 e. The van der Waals surface area contributed by atoms with Crippen LogP contribution in [0.1, 0.15) is 39.0 Å². The number of benzene rings is 1. The number of ether oxygens (including phenoxy) is 2. The summed E-state index contributed by atoms with van der Waals surface area (Å²) in [6.07, 6.45) is 5.34. The molecule has 6 heteroatoms. The van der Waals surface area contributed by atoms with Gasteiger partial charge in [-0.05, 0) is 31.4 Å². The van der Waals surface area contributed by atoms with Gasteiger partial charge in [-0.2, -0.15) is 0 Å². The summed E-state index contributed by atoms with van der Waals surface area (Å²) in [5, 5.41) is 2.74. The quantitative estimate of drug-likeness (QED) is 0.751. The zero-order chi connectivity index (χ0) is 15.6. The molecule has 1 aromatic carbocycles. The van der Waals surface area contributed by atoms with E-state index in [2.05, 4.69) is 17.1 Å². The molecule has 0 aliphatic carbocycles. The number of carbonyl (C=O) groups excluding carboxylic acids is 1. The highest BCUT2D eigenvalue weighted by Gasteiger charge is 2.12. The Kier molecular flexibility index (Phi) is 9.48. The van der Waals surface area contributed by atoms with Gasteiger partial charge in [0.05, 0.1) is 6.61 Å². The summed E-state index contributed by atoms with van der Waals surface area (Å²) < 4.78 is 10.9. The van der Waals surface area contributed by atoms with Gasteiger partial charge in [0, 0.05) is 24.8 Å². The minimum absolute atomic E-state index is 0. The third-order valence-corrected chi connectivity index (χ3v) is 3.67. The lowest BCUT2D eigenvalue weighted by Crippen LogP contribution is -2.33. The second kappa shape index (κ2) is 11.1. The fraction of sp³-hybridized carbons (Fsp3) is 0.588. The monoisotopic (exact) mass is 342 g/mol. The highest BCUT2D eigenvalue weighted by atomic mass is 35.5. The number of carbonyl (C=O) groups is 1. The van der Waals surface area contributed by atoms with Crippen LogP contribution in [0.5, 0.6) is 5.75 Å². The van der Waals surface area contributed by atoms with Crippen LogP contribution >= 0.6 is 12.4 Å². The van der Waals surface area contributed by atoms with Crippen LogP contribution in [-0.4, -0.2) is 37.4 Å². The van der Waals surface area contributed by atoms with E-state index in [1.165, 1.54) is 19.3 Å². The Hall–Kier alpha value is -1.46. The fourth-order valence-electron chi connectivity index (χ4n) is 2.39. The van der Waals surface area contributed by atoms with Gasteiger partial charge >= 0.3 is 6.09 Å². The van der Waals surface area contributed by atoms with E-state index in [1.807, 2.05) is 24.3 Å². The molecule has 1 aromatic rings. The van der Waals surface area contributed by atoms with Gasteiger partial charge in [-0.1, -0.05) is 25.8 Å². The summed E-state index contributed by atoms with van der Waals surface area (Å²) in [6.45, 7) is 5.19. The molecule has 1 amide bonds. The van der Waals surface area contributed by atoms with Crippen LogP contribution in [-0.2, 0) is 4.74 Å². The molecule has 5 nitrogen and oxygen atoms in total. The van der Waals surface area contributed by atoms with Gasteiger partial charge in [0.1, 0.15) is 12.5 Å². The largest absolute Gasteiger partial charge is 0.494 e. The number of nitrogens with one attached hydrogen (secondary N) is 1. The summed E-state index contributed by atoms with van der Waals surface area (Å²) in [5.74, 6) is 0.766. The molecule has 23 heavy (non-hydrogen) atoms. The number of likely N-dealkylation sites (tertiary alicyclic amines) is 1. The lowest BCUT2D eigenvalue weighted by atomic mass is 10.1. The van der Waals surface area contributed by atoms with Crippen LogP contribution in [0.4, 0.5) is 10.5 Å². The first-order valence-electron chi connectivity index (χ1n) is 8.17. The van der Waals surface area contributed by atoms with E-state index >= 15 is 0 Å². The van der Waals surface area contributed by atoms with Crippen molar-refractivity contribution in [3.05, 3.63) is 24.3 Å². The Morgan fingerprint density at radius 1 is 1.26 bits per heavy atom. The van der Waals surface area contributed by atoms with Gasteiger partial charge in [0.15, 0.2) is 0 Å². The average molecular weight is 343 g/mol. The maximum Gasteiger partial charge on any atom is 0.412 e. The van der Waals surface area contributed by atoms with Gasteiger partial charge in [0.2, 0.25) is 0 Å². The lowest BCUT2D eigenvalue weighted by molar-refractivity contribution is 0.0659. The van der Waals surface area contributed by atoms with E-state index in [4.69, 9.17) is 9.47 Å². The van der Waals surface area contributed by atoms with Crippen LogP contribution < -0.4 is 10.1 Å². The van der Waals surface area contributed by atoms with E-state index in [-0.39, 0.29) is 12.4 Å². The molecule has 0 bridgehead atoms. The average Bonchev–Trinajstić information content (AvgIpc) is 2.55. The number of halogens is 1. The molecule has 1 fully saturated rings. The second-order valence-corrected chi connectivity index (χ2v) is 5.59. The number of hydrogen-bond acceptors (Lipinski definition) is 4. The number of rotatable bonds is 7. The Morgan fingerprint density at radius 3 is 2.78 bits per heavy atom. The highest BCUT2D eigenvalue weighted by molar-refractivity contribution is 5.85. The number of amides is 1. The molecular weight excluding hydrogens is 316 g/mol. The number of unbranched alkanes of at least 4 members (excludes halogenated alkanes) is 1. The molecule has 1 aliphatic rings. The zero-order valence-corrected chi connectivity index (χ0v) is 14.6. The first-order chi connectivity index (χ1) is 10.8. The topological polar surface area (TPSA) is 50.8 Å². The zero-order valence-electron chi connectivity index (χ0n) is 13.8. The minimum atomic E-state index is -0.420. The molecule has 2 rings (SSSR count). The molecule has 1 heterocycles. The van der Waals surface area contributed by atoms with E-state index < -0.39 is 6.09 Å². The molecule has 1 aliphatic heterocycles. The molecule has 1 N–H and O–H groups in total. The van der Waals surface area contributed by atoms with Crippen LogP contribution in [0.2, 0.25) is 0 Å². The standard InChI is InChI=1S/C17H26N2O3.ClH/c1-2-3-12-21-16-9-7-8-15(13-16)18-17(20)22-14-19-10-5-4-6-11-19;/h7-9,13H,2-6,10-12,14H2,1H3,(H,18,20);1H. The van der Waals surface area contributed by atoms with E-state index in [9.17, 15) is 4.79 Å². The van der Waals surface area contributed by atoms with Crippen LogP contribution in [0.15, 0.2) is 24.3 Å². The summed E-state index contributed by atoms with van der Waals surface area (Å²) >= 11 is 0. The van der Waals surface area contributed by atoms with Gasteiger partial charge in [-0.25, -0.2) is 4.79 Å². The molecular formula is C17H27ClN2O3. The summed E-state index contributed by atoms with van der Waals surface area (Å²) in [7, 11) is 0. The summed E-state index contributed by atoms with van der Waals surface area (Å²) in [5.41, 5.74) is 0.692. The normalized spacial score (nSPS) is 14.7. The van der Waals surface area contributed by atoms with Crippen molar-refractivity contribution in [3.63, 3.8) is 0 Å². The lowest BCUT2D eigenvalue weighted by Gasteiger charge is -2.25. The van der Waals surface area contributed by atoms with Gasteiger partial charge < -0.3 is 9.47 Å². The van der Waals surface area contributed by atoms with Crippen molar-refractivity contribution in [2.24, 2.45) is 0 Å². The molecule has 130 valence electrons. The van der Waals surface area contributed by atoms with Crippen molar-refractivity contribution in [2.75, 3.05) is 31.7 Å². The van der Waals surface area contributed by atoms with Crippen molar-refractivity contribution in [1.29, 1.82) is 0 Å². The van der Waals surface area contributed by atoms with Crippen molar-refractivity contribution in [2.45, 2.75) is 39.0 Å². The number of anilines is 1. The molecule has 0 unspecified atom stereocenters. The Labute approximate surface area is 144 Å². The van der Waals surface area contributed by atoms with Gasteiger partial charge in [0.25, 0.3) is 0 Å². The fourth-order valence-corrected chi connectivity index (χ4v) is 2.39. The van der Waals surface area contributed by atoms with Gasteiger partial charge in [-0.15, -0.1) is 12.4 Å². The van der Waals surface area contributed by atoms with E-state index in [1.54, 1.807) is 0 Å². The first-order valence-corrected chi connectivity index (χ1v) is 8.17. The highest BCUT2D eigenvalue weighted by Crippen LogP contribution is 2.18. The van der Waals surface area contributed by atoms with E-state index in [0.717, 1.165) is 31.7 Å². The van der Waals surface area contributed by atoms with Crippen molar-refractivity contribution < 1.29 is 14.3 Å². The van der Waals surface area contributed by atoms with E-state index in [0.29, 0.717) is 19.0 Å². The number of hydrogen-bond donors (Lipinski definition) is 1. The number of piperidine rings is 1. The maximum atomic E-state index is 11.8. The Bertz CT molecular complexity index is 465. The predicted octanol–water partition coefficient (Wildman–Crippen LogP) is 4.28. The molecule has 1 saturated heterocycles. The SMILES string of the molecule is CCCCOc1cccc(NC(=O)OCN2CCCCC2)c1.Cl. The third kappa shape index (κ3) is 7.57. The van der Waals surface area contributed by atoms with Crippen molar-refractivity contribution in [1.82, 2.24) is 4.90 Å². The molecule has 0 aromatic heterocycles. The molecule has 0 radical (unpaired) electrons. The van der Waals surface area contributed by atoms with Crippen molar-refractivity contribution >= 4 is 24.2 Å². The number of nitrogens with zero attached hydrogens (tertiary/aromatic N) is 1. The smallest absolute Gasteiger partial charge is 0.412 e. The predicted molar refractivity (Wildman–Crippen MR) is 94.5 cm³/mol. The van der Waals surface area contributed by atoms with Crippen LogP contribution in [0.3, 0.4) is 0 Å². The summed E-state index contributed by atoms with van der Waals surface area (Å²) in [6, 6.07) is 7.40. The van der Waals surface area contributed by atoms with Crippen LogP contribution in [0, 0.1) is 0 Å². The third-order valence-electron chi connectivity index (χ3n) is 3.67. The van der Waals surface area contributed by atoms with Crippen LogP contribution in [0.25, 0.3) is 0 Å². The molecule has 0 atom stereocenters. The van der Waals surface area contributed by atoms with Crippen molar-refractivity contribution in [3.8, 4) is 5.75 Å². The second-order valence-electron chi connectivity index (χ2n) is 5.59.